The maximum absolute atomic E-state index is 6.01. The molecule has 0 saturated carbocycles. The molecule has 128 valence electrons. The van der Waals surface area contributed by atoms with Gasteiger partial charge < -0.3 is 9.32 Å². The van der Waals surface area contributed by atoms with Crippen LogP contribution in [0.2, 0.25) is 0 Å². The van der Waals surface area contributed by atoms with Crippen LogP contribution >= 0.6 is 0 Å². The van der Waals surface area contributed by atoms with Crippen LogP contribution in [0.15, 0.2) is 89.5 Å². The minimum absolute atomic E-state index is 0.635. The quantitative estimate of drug-likeness (QED) is 0.474. The van der Waals surface area contributed by atoms with Crippen LogP contribution in [0.5, 0.6) is 0 Å². The van der Waals surface area contributed by atoms with Gasteiger partial charge in [0.05, 0.1) is 6.20 Å². The third-order valence-corrected chi connectivity index (χ3v) is 4.39. The van der Waals surface area contributed by atoms with E-state index in [0.29, 0.717) is 5.89 Å². The van der Waals surface area contributed by atoms with Crippen molar-refractivity contribution in [2.45, 2.75) is 0 Å². The predicted molar refractivity (Wildman–Crippen MR) is 107 cm³/mol. The molecule has 0 amide bonds. The molecule has 3 aromatic carbocycles. The number of benzene rings is 3. The SMILES string of the molecule is CN(C)c1cccc(-c2ncc(-c3ccc(-c4ccccc4)cc3)o2)c1. The Bertz CT molecular complexity index is 1000. The van der Waals surface area contributed by atoms with Crippen LogP contribution < -0.4 is 4.90 Å². The van der Waals surface area contributed by atoms with Gasteiger partial charge in [0, 0.05) is 30.9 Å². The molecule has 0 fully saturated rings. The summed E-state index contributed by atoms with van der Waals surface area (Å²) in [5.74, 6) is 1.41. The molecule has 3 heteroatoms. The topological polar surface area (TPSA) is 29.3 Å². The molecule has 26 heavy (non-hydrogen) atoms. The summed E-state index contributed by atoms with van der Waals surface area (Å²) in [5, 5.41) is 0. The van der Waals surface area contributed by atoms with Gasteiger partial charge in [-0.15, -0.1) is 0 Å². The Morgan fingerprint density at radius 1 is 0.692 bits per heavy atom. The van der Waals surface area contributed by atoms with E-state index in [2.05, 4.69) is 58.4 Å². The monoisotopic (exact) mass is 340 g/mol. The zero-order valence-electron chi connectivity index (χ0n) is 14.9. The highest BCUT2D eigenvalue weighted by atomic mass is 16.4. The van der Waals surface area contributed by atoms with Crippen molar-refractivity contribution in [3.05, 3.63) is 85.1 Å². The Balaban J connectivity index is 1.61. The maximum Gasteiger partial charge on any atom is 0.226 e. The third kappa shape index (κ3) is 3.24. The van der Waals surface area contributed by atoms with E-state index in [1.54, 1.807) is 6.20 Å². The molecule has 1 heterocycles. The van der Waals surface area contributed by atoms with E-state index >= 15 is 0 Å². The second-order valence-electron chi connectivity index (χ2n) is 6.42. The first-order valence-electron chi connectivity index (χ1n) is 8.60. The maximum atomic E-state index is 6.01. The molecule has 0 saturated heterocycles. The molecule has 0 spiro atoms. The average Bonchev–Trinajstić information content (AvgIpc) is 3.19. The Kier molecular flexibility index (Phi) is 4.28. The summed E-state index contributed by atoms with van der Waals surface area (Å²) in [4.78, 5) is 6.52. The normalized spacial score (nSPS) is 10.7. The lowest BCUT2D eigenvalue weighted by atomic mass is 10.0. The summed E-state index contributed by atoms with van der Waals surface area (Å²) < 4.78 is 6.01. The molecule has 1 aromatic heterocycles. The van der Waals surface area contributed by atoms with Crippen LogP contribution in [-0.4, -0.2) is 19.1 Å². The summed E-state index contributed by atoms with van der Waals surface area (Å²) in [7, 11) is 4.04. The third-order valence-electron chi connectivity index (χ3n) is 4.39. The van der Waals surface area contributed by atoms with E-state index in [4.69, 9.17) is 4.42 Å². The number of rotatable bonds is 4. The number of anilines is 1. The van der Waals surface area contributed by atoms with E-state index < -0.39 is 0 Å². The molecule has 0 aliphatic heterocycles. The van der Waals surface area contributed by atoms with Crippen molar-refractivity contribution in [2.24, 2.45) is 0 Å². The van der Waals surface area contributed by atoms with E-state index in [-0.39, 0.29) is 0 Å². The molecule has 0 unspecified atom stereocenters. The minimum atomic E-state index is 0.635. The largest absolute Gasteiger partial charge is 0.436 e. The van der Waals surface area contributed by atoms with Gasteiger partial charge in [-0.3, -0.25) is 0 Å². The van der Waals surface area contributed by atoms with Crippen LogP contribution in [-0.2, 0) is 0 Å². The Labute approximate surface area is 153 Å². The molecule has 0 radical (unpaired) electrons. The van der Waals surface area contributed by atoms with Gasteiger partial charge in [0.25, 0.3) is 0 Å². The summed E-state index contributed by atoms with van der Waals surface area (Å²) >= 11 is 0. The molecular formula is C23H20N2O. The second-order valence-corrected chi connectivity index (χ2v) is 6.42. The molecular weight excluding hydrogens is 320 g/mol. The molecule has 0 aliphatic rings. The van der Waals surface area contributed by atoms with Gasteiger partial charge in [-0.2, -0.15) is 0 Å². The lowest BCUT2D eigenvalue weighted by molar-refractivity contribution is 0.589. The van der Waals surface area contributed by atoms with E-state index in [1.165, 1.54) is 11.1 Å². The van der Waals surface area contributed by atoms with Crippen molar-refractivity contribution in [2.75, 3.05) is 19.0 Å². The van der Waals surface area contributed by atoms with Crippen LogP contribution in [0, 0.1) is 0 Å². The molecule has 0 atom stereocenters. The van der Waals surface area contributed by atoms with Crippen LogP contribution in [0.4, 0.5) is 5.69 Å². The number of hydrogen-bond acceptors (Lipinski definition) is 3. The number of hydrogen-bond donors (Lipinski definition) is 0. The first-order chi connectivity index (χ1) is 12.7. The molecule has 4 aromatic rings. The van der Waals surface area contributed by atoms with E-state index in [1.807, 2.05) is 44.4 Å². The first kappa shape index (κ1) is 16.2. The van der Waals surface area contributed by atoms with Gasteiger partial charge in [0.2, 0.25) is 5.89 Å². The van der Waals surface area contributed by atoms with Crippen molar-refractivity contribution >= 4 is 5.69 Å². The Hall–Kier alpha value is -3.33. The standard InChI is InChI=1S/C23H20N2O/c1-25(2)21-10-6-9-20(15-21)23-24-16-22(26-23)19-13-11-18(12-14-19)17-7-4-3-5-8-17/h3-16H,1-2H3. The molecule has 0 bridgehead atoms. The van der Waals surface area contributed by atoms with Gasteiger partial charge in [-0.1, -0.05) is 60.7 Å². The summed E-state index contributed by atoms with van der Waals surface area (Å²) in [6.07, 6.45) is 1.79. The second kappa shape index (κ2) is 6.89. The van der Waals surface area contributed by atoms with Crippen molar-refractivity contribution in [1.82, 2.24) is 4.98 Å². The van der Waals surface area contributed by atoms with Gasteiger partial charge in [0.1, 0.15) is 0 Å². The zero-order valence-corrected chi connectivity index (χ0v) is 14.9. The van der Waals surface area contributed by atoms with Crippen molar-refractivity contribution < 1.29 is 4.42 Å². The highest BCUT2D eigenvalue weighted by molar-refractivity contribution is 5.69. The smallest absolute Gasteiger partial charge is 0.226 e. The number of aromatic nitrogens is 1. The minimum Gasteiger partial charge on any atom is -0.436 e. The van der Waals surface area contributed by atoms with E-state index in [0.717, 1.165) is 22.6 Å². The molecule has 0 N–H and O–H groups in total. The fourth-order valence-electron chi connectivity index (χ4n) is 2.92. The van der Waals surface area contributed by atoms with Gasteiger partial charge in [-0.25, -0.2) is 4.98 Å². The predicted octanol–water partition coefficient (Wildman–Crippen LogP) is 5.74. The highest BCUT2D eigenvalue weighted by Crippen LogP contribution is 2.29. The van der Waals surface area contributed by atoms with Gasteiger partial charge in [0.15, 0.2) is 5.76 Å². The van der Waals surface area contributed by atoms with E-state index in [9.17, 15) is 0 Å². The van der Waals surface area contributed by atoms with Crippen LogP contribution in [0.3, 0.4) is 0 Å². The number of nitrogens with zero attached hydrogens (tertiary/aromatic N) is 2. The Morgan fingerprint density at radius 2 is 1.35 bits per heavy atom. The molecule has 0 aliphatic carbocycles. The van der Waals surface area contributed by atoms with Crippen LogP contribution in [0.25, 0.3) is 33.9 Å². The molecule has 3 nitrogen and oxygen atoms in total. The average molecular weight is 340 g/mol. The summed E-state index contributed by atoms with van der Waals surface area (Å²) in [6.45, 7) is 0. The fraction of sp³-hybridized carbons (Fsp3) is 0.0870. The van der Waals surface area contributed by atoms with Crippen molar-refractivity contribution in [1.29, 1.82) is 0 Å². The Morgan fingerprint density at radius 3 is 2.08 bits per heavy atom. The lowest BCUT2D eigenvalue weighted by Gasteiger charge is -2.12. The van der Waals surface area contributed by atoms with Crippen molar-refractivity contribution in [3.63, 3.8) is 0 Å². The van der Waals surface area contributed by atoms with Gasteiger partial charge in [-0.05, 0) is 29.3 Å². The molecule has 4 rings (SSSR count). The fourth-order valence-corrected chi connectivity index (χ4v) is 2.92. The number of oxazole rings is 1. The van der Waals surface area contributed by atoms with Crippen molar-refractivity contribution in [3.8, 4) is 33.9 Å². The zero-order chi connectivity index (χ0) is 17.9. The highest BCUT2D eigenvalue weighted by Gasteiger charge is 2.10. The summed E-state index contributed by atoms with van der Waals surface area (Å²) in [5.41, 5.74) is 5.51. The van der Waals surface area contributed by atoms with Crippen LogP contribution in [0.1, 0.15) is 0 Å². The summed E-state index contributed by atoms with van der Waals surface area (Å²) in [6, 6.07) is 26.9. The van der Waals surface area contributed by atoms with Gasteiger partial charge >= 0.3 is 0 Å². The first-order valence-corrected chi connectivity index (χ1v) is 8.60. The lowest BCUT2D eigenvalue weighted by Crippen LogP contribution is -2.08.